The van der Waals surface area contributed by atoms with Crippen LogP contribution in [-0.4, -0.2) is 39.5 Å². The van der Waals surface area contributed by atoms with Gasteiger partial charge in [-0.15, -0.1) is 6.58 Å². The molecular formula is C14H14N2O5. The predicted octanol–water partition coefficient (Wildman–Crippen LogP) is 0.694. The average molecular weight is 290 g/mol. The molecule has 0 aliphatic rings. The summed E-state index contributed by atoms with van der Waals surface area (Å²) >= 11 is 0. The minimum Gasteiger partial charge on any atom is -0.480 e. The molecule has 0 atom stereocenters. The maximum absolute atomic E-state index is 12.1. The van der Waals surface area contributed by atoms with Crippen LogP contribution in [0, 0.1) is 0 Å². The van der Waals surface area contributed by atoms with Crippen LogP contribution in [0.4, 0.5) is 0 Å². The van der Waals surface area contributed by atoms with Gasteiger partial charge < -0.3 is 14.4 Å². The molecule has 0 fully saturated rings. The number of benzene rings is 1. The van der Waals surface area contributed by atoms with Gasteiger partial charge in [0, 0.05) is 6.54 Å². The normalized spacial score (nSPS) is 10.5. The molecule has 7 nitrogen and oxygen atoms in total. The summed E-state index contributed by atoms with van der Waals surface area (Å²) in [5, 5.41) is 8.80. The van der Waals surface area contributed by atoms with Gasteiger partial charge in [-0.25, -0.2) is 4.79 Å². The number of aromatic nitrogens is 1. The summed E-state index contributed by atoms with van der Waals surface area (Å²) in [5.41, 5.74) is 0.869. The first-order chi connectivity index (χ1) is 10.0. The largest absolute Gasteiger partial charge is 0.480 e. The molecule has 0 saturated carbocycles. The number of carboxylic acids is 1. The SMILES string of the molecule is C=CCN(CC(=O)O)C(=O)Cn1c(=O)oc2ccccc21. The quantitative estimate of drug-likeness (QED) is 0.790. The number of hydrogen-bond acceptors (Lipinski definition) is 4. The van der Waals surface area contributed by atoms with E-state index >= 15 is 0 Å². The van der Waals surface area contributed by atoms with E-state index in [1.807, 2.05) is 0 Å². The standard InChI is InChI=1S/C14H14N2O5/c1-2-7-15(9-13(18)19)12(17)8-16-10-5-3-4-6-11(10)21-14(16)20/h2-6H,1,7-9H2,(H,18,19). The van der Waals surface area contributed by atoms with E-state index < -0.39 is 24.2 Å². The van der Waals surface area contributed by atoms with Crippen LogP contribution in [0.2, 0.25) is 0 Å². The Hall–Kier alpha value is -2.83. The molecule has 0 bridgehead atoms. The van der Waals surface area contributed by atoms with Crippen LogP contribution in [0.3, 0.4) is 0 Å². The Labute approximate surface area is 119 Å². The lowest BCUT2D eigenvalue weighted by atomic mass is 10.3. The Morgan fingerprint density at radius 1 is 1.38 bits per heavy atom. The molecule has 1 aromatic carbocycles. The number of oxazole rings is 1. The minimum atomic E-state index is -1.13. The van der Waals surface area contributed by atoms with Gasteiger partial charge in [-0.3, -0.25) is 14.2 Å². The molecule has 0 unspecified atom stereocenters. The zero-order valence-electron chi connectivity index (χ0n) is 11.2. The first kappa shape index (κ1) is 14.6. The molecule has 21 heavy (non-hydrogen) atoms. The number of carbonyl (C=O) groups is 2. The number of para-hydroxylation sites is 2. The highest BCUT2D eigenvalue weighted by Crippen LogP contribution is 2.11. The second kappa shape index (κ2) is 6.08. The summed E-state index contributed by atoms with van der Waals surface area (Å²) in [7, 11) is 0. The maximum Gasteiger partial charge on any atom is 0.420 e. The molecule has 0 aliphatic carbocycles. The number of fused-ring (bicyclic) bond motifs is 1. The fourth-order valence-corrected chi connectivity index (χ4v) is 1.97. The van der Waals surface area contributed by atoms with Crippen LogP contribution < -0.4 is 5.76 Å². The molecule has 1 aromatic heterocycles. The van der Waals surface area contributed by atoms with Gasteiger partial charge in [0.2, 0.25) is 5.91 Å². The lowest BCUT2D eigenvalue weighted by Crippen LogP contribution is -2.39. The second-order valence-corrected chi connectivity index (χ2v) is 4.38. The topological polar surface area (TPSA) is 92.8 Å². The highest BCUT2D eigenvalue weighted by atomic mass is 16.4. The molecule has 0 aliphatic heterocycles. The van der Waals surface area contributed by atoms with E-state index in [4.69, 9.17) is 9.52 Å². The number of carboxylic acid groups (broad SMARTS) is 1. The van der Waals surface area contributed by atoms with Gasteiger partial charge in [0.05, 0.1) is 5.52 Å². The molecule has 2 aromatic rings. The number of hydrogen-bond donors (Lipinski definition) is 1. The molecule has 110 valence electrons. The van der Waals surface area contributed by atoms with Gasteiger partial charge >= 0.3 is 11.7 Å². The van der Waals surface area contributed by atoms with Gasteiger partial charge in [-0.2, -0.15) is 0 Å². The Kier molecular flexibility index (Phi) is 4.22. The van der Waals surface area contributed by atoms with Crippen molar-refractivity contribution in [2.75, 3.05) is 13.1 Å². The Morgan fingerprint density at radius 2 is 2.10 bits per heavy atom. The van der Waals surface area contributed by atoms with Crippen LogP contribution in [0.1, 0.15) is 0 Å². The van der Waals surface area contributed by atoms with E-state index in [9.17, 15) is 14.4 Å². The van der Waals surface area contributed by atoms with Gasteiger partial charge in [-0.05, 0) is 12.1 Å². The molecule has 1 N–H and O–H groups in total. The Bertz CT molecular complexity index is 743. The Balaban J connectivity index is 2.27. The van der Waals surface area contributed by atoms with E-state index in [1.54, 1.807) is 24.3 Å². The summed E-state index contributed by atoms with van der Waals surface area (Å²) in [4.78, 5) is 35.8. The summed E-state index contributed by atoms with van der Waals surface area (Å²) in [6.45, 7) is 2.84. The van der Waals surface area contributed by atoms with Gasteiger partial charge in [0.1, 0.15) is 13.1 Å². The van der Waals surface area contributed by atoms with Crippen LogP contribution >= 0.6 is 0 Å². The molecule has 0 spiro atoms. The van der Waals surface area contributed by atoms with Crippen LogP contribution in [0.5, 0.6) is 0 Å². The summed E-state index contributed by atoms with van der Waals surface area (Å²) in [6.07, 6.45) is 1.43. The minimum absolute atomic E-state index is 0.0929. The lowest BCUT2D eigenvalue weighted by molar-refractivity contribution is -0.144. The van der Waals surface area contributed by atoms with Gasteiger partial charge in [-0.1, -0.05) is 18.2 Å². The number of nitrogens with zero attached hydrogens (tertiary/aromatic N) is 2. The molecule has 1 amide bonds. The third kappa shape index (κ3) is 3.19. The number of rotatable bonds is 6. The fraction of sp³-hybridized carbons (Fsp3) is 0.214. The molecule has 0 saturated heterocycles. The monoisotopic (exact) mass is 290 g/mol. The van der Waals surface area contributed by atoms with E-state index in [2.05, 4.69) is 6.58 Å². The molecule has 2 rings (SSSR count). The molecule has 0 radical (unpaired) electrons. The summed E-state index contributed by atoms with van der Waals surface area (Å²) in [5.74, 6) is -2.28. The number of amides is 1. The van der Waals surface area contributed by atoms with Crippen molar-refractivity contribution >= 4 is 23.0 Å². The van der Waals surface area contributed by atoms with Crippen molar-refractivity contribution in [1.82, 2.24) is 9.47 Å². The van der Waals surface area contributed by atoms with E-state index in [0.29, 0.717) is 11.1 Å². The van der Waals surface area contributed by atoms with E-state index in [-0.39, 0.29) is 13.1 Å². The summed E-state index contributed by atoms with van der Waals surface area (Å²) < 4.78 is 6.20. The third-order valence-corrected chi connectivity index (χ3v) is 2.90. The van der Waals surface area contributed by atoms with Crippen molar-refractivity contribution < 1.29 is 19.1 Å². The highest BCUT2D eigenvalue weighted by Gasteiger charge is 2.18. The van der Waals surface area contributed by atoms with Crippen molar-refractivity contribution in [3.63, 3.8) is 0 Å². The zero-order chi connectivity index (χ0) is 15.4. The second-order valence-electron chi connectivity index (χ2n) is 4.38. The smallest absolute Gasteiger partial charge is 0.420 e. The number of carbonyl (C=O) groups excluding carboxylic acids is 1. The summed E-state index contributed by atoms with van der Waals surface area (Å²) in [6, 6.07) is 6.71. The van der Waals surface area contributed by atoms with E-state index in [0.717, 1.165) is 4.90 Å². The van der Waals surface area contributed by atoms with Crippen molar-refractivity contribution in [1.29, 1.82) is 0 Å². The maximum atomic E-state index is 12.1. The fourth-order valence-electron chi connectivity index (χ4n) is 1.97. The molecule has 1 heterocycles. The average Bonchev–Trinajstić information content (AvgIpc) is 2.74. The molecule has 7 heteroatoms. The van der Waals surface area contributed by atoms with Crippen molar-refractivity contribution in [2.45, 2.75) is 6.54 Å². The lowest BCUT2D eigenvalue weighted by Gasteiger charge is -2.18. The van der Waals surface area contributed by atoms with Crippen LogP contribution in [0.25, 0.3) is 11.1 Å². The highest BCUT2D eigenvalue weighted by molar-refractivity contribution is 5.83. The van der Waals surface area contributed by atoms with Gasteiger partial charge in [0.25, 0.3) is 0 Å². The first-order valence-electron chi connectivity index (χ1n) is 6.21. The number of aliphatic carboxylic acids is 1. The van der Waals surface area contributed by atoms with Gasteiger partial charge in [0.15, 0.2) is 5.58 Å². The Morgan fingerprint density at radius 3 is 2.76 bits per heavy atom. The van der Waals surface area contributed by atoms with Crippen LogP contribution in [0.15, 0.2) is 46.1 Å². The third-order valence-electron chi connectivity index (χ3n) is 2.90. The molecular weight excluding hydrogens is 276 g/mol. The zero-order valence-corrected chi connectivity index (χ0v) is 11.2. The van der Waals surface area contributed by atoms with E-state index in [1.165, 1.54) is 10.6 Å². The first-order valence-corrected chi connectivity index (χ1v) is 6.21. The van der Waals surface area contributed by atoms with Crippen molar-refractivity contribution in [3.8, 4) is 0 Å². The predicted molar refractivity (Wildman–Crippen MR) is 74.9 cm³/mol. The van der Waals surface area contributed by atoms with Crippen molar-refractivity contribution in [3.05, 3.63) is 47.5 Å². The van der Waals surface area contributed by atoms with Crippen LogP contribution in [-0.2, 0) is 16.1 Å². The van der Waals surface area contributed by atoms with Crippen molar-refractivity contribution in [2.24, 2.45) is 0 Å².